The van der Waals surface area contributed by atoms with Crippen LogP contribution >= 0.6 is 12.2 Å². The standard InChI is InChI=1S/C16H25N3O3S2/c1-2-22-14-6-9-17-16(23)18-10-12-19(13-11-18)24(20,21)15-7-4-3-5-8-15/h3-5,7-8H,2,6,9-14H2,1H3,(H,17,23). The topological polar surface area (TPSA) is 61.9 Å². The molecule has 0 bridgehead atoms. The van der Waals surface area contributed by atoms with E-state index in [1.807, 2.05) is 17.9 Å². The first-order valence-electron chi connectivity index (χ1n) is 8.21. The van der Waals surface area contributed by atoms with E-state index in [9.17, 15) is 8.42 Å². The van der Waals surface area contributed by atoms with E-state index in [0.717, 1.165) is 26.2 Å². The SMILES string of the molecule is CCOCCCNC(=S)N1CCN(S(=O)(=O)c2ccccc2)CC1. The average molecular weight is 372 g/mol. The molecular formula is C16H25N3O3S2. The Kier molecular flexibility index (Phi) is 7.41. The molecule has 0 saturated carbocycles. The molecule has 8 heteroatoms. The molecule has 1 aliphatic heterocycles. The Bertz CT molecular complexity index is 615. The minimum Gasteiger partial charge on any atom is -0.382 e. The highest BCUT2D eigenvalue weighted by Gasteiger charge is 2.28. The van der Waals surface area contributed by atoms with Crippen molar-refractivity contribution in [2.24, 2.45) is 0 Å². The van der Waals surface area contributed by atoms with Gasteiger partial charge < -0.3 is 15.0 Å². The molecule has 6 nitrogen and oxygen atoms in total. The van der Waals surface area contributed by atoms with Gasteiger partial charge in [-0.15, -0.1) is 0 Å². The Morgan fingerprint density at radius 3 is 2.50 bits per heavy atom. The first-order valence-corrected chi connectivity index (χ1v) is 10.1. The van der Waals surface area contributed by atoms with Crippen LogP contribution in [0.2, 0.25) is 0 Å². The molecule has 1 N–H and O–H groups in total. The van der Waals surface area contributed by atoms with Crippen LogP contribution in [0.4, 0.5) is 0 Å². The number of hydrogen-bond acceptors (Lipinski definition) is 4. The largest absolute Gasteiger partial charge is 0.382 e. The maximum Gasteiger partial charge on any atom is 0.243 e. The van der Waals surface area contributed by atoms with E-state index in [1.165, 1.54) is 4.31 Å². The molecule has 1 aliphatic rings. The Labute approximate surface area is 149 Å². The van der Waals surface area contributed by atoms with E-state index in [4.69, 9.17) is 17.0 Å². The third kappa shape index (κ3) is 5.14. The van der Waals surface area contributed by atoms with Crippen molar-refractivity contribution >= 4 is 27.4 Å². The molecule has 1 aromatic carbocycles. The predicted octanol–water partition coefficient (Wildman–Crippen LogP) is 1.29. The molecule has 0 atom stereocenters. The number of nitrogens with one attached hydrogen (secondary N) is 1. The summed E-state index contributed by atoms with van der Waals surface area (Å²) in [6.07, 6.45) is 0.899. The second-order valence-electron chi connectivity index (χ2n) is 5.49. The van der Waals surface area contributed by atoms with Gasteiger partial charge in [-0.2, -0.15) is 4.31 Å². The van der Waals surface area contributed by atoms with Gasteiger partial charge in [0.1, 0.15) is 0 Å². The molecule has 1 heterocycles. The van der Waals surface area contributed by atoms with Crippen LogP contribution < -0.4 is 5.32 Å². The first-order chi connectivity index (χ1) is 11.6. The van der Waals surface area contributed by atoms with Gasteiger partial charge in [0, 0.05) is 45.9 Å². The third-order valence-electron chi connectivity index (χ3n) is 3.85. The molecule has 0 aromatic heterocycles. The average Bonchev–Trinajstić information content (AvgIpc) is 2.62. The number of nitrogens with zero attached hydrogens (tertiary/aromatic N) is 2. The lowest BCUT2D eigenvalue weighted by atomic mass is 10.4. The summed E-state index contributed by atoms with van der Waals surface area (Å²) in [5.41, 5.74) is 0. The van der Waals surface area contributed by atoms with Crippen LogP contribution in [0.1, 0.15) is 13.3 Å². The minimum atomic E-state index is -3.41. The zero-order valence-electron chi connectivity index (χ0n) is 14.0. The zero-order valence-corrected chi connectivity index (χ0v) is 15.6. The maximum atomic E-state index is 12.6. The number of piperazine rings is 1. The fourth-order valence-electron chi connectivity index (χ4n) is 2.50. The molecule has 0 aliphatic carbocycles. The quantitative estimate of drug-likeness (QED) is 0.576. The van der Waals surface area contributed by atoms with Crippen LogP contribution in [0, 0.1) is 0 Å². The van der Waals surface area contributed by atoms with Gasteiger partial charge in [0.05, 0.1) is 4.90 Å². The van der Waals surface area contributed by atoms with Gasteiger partial charge in [-0.3, -0.25) is 0 Å². The fourth-order valence-corrected chi connectivity index (χ4v) is 4.23. The molecule has 0 unspecified atom stereocenters. The van der Waals surface area contributed by atoms with Crippen LogP contribution in [-0.4, -0.2) is 68.7 Å². The summed E-state index contributed by atoms with van der Waals surface area (Å²) in [6, 6.07) is 8.56. The number of thiocarbonyl (C=S) groups is 1. The van der Waals surface area contributed by atoms with Crippen molar-refractivity contribution in [2.45, 2.75) is 18.2 Å². The van der Waals surface area contributed by atoms with Crippen molar-refractivity contribution in [3.05, 3.63) is 30.3 Å². The smallest absolute Gasteiger partial charge is 0.243 e. The van der Waals surface area contributed by atoms with Gasteiger partial charge in [-0.1, -0.05) is 18.2 Å². The molecule has 1 aromatic rings. The molecule has 1 fully saturated rings. The second kappa shape index (κ2) is 9.31. The van der Waals surface area contributed by atoms with Crippen LogP contribution in [0.15, 0.2) is 35.2 Å². The van der Waals surface area contributed by atoms with E-state index in [2.05, 4.69) is 5.32 Å². The Balaban J connectivity index is 1.80. The normalized spacial score (nSPS) is 16.1. The number of ether oxygens (including phenoxy) is 1. The predicted molar refractivity (Wildman–Crippen MR) is 98.5 cm³/mol. The Morgan fingerprint density at radius 2 is 1.88 bits per heavy atom. The number of sulfonamides is 1. The monoisotopic (exact) mass is 371 g/mol. The third-order valence-corrected chi connectivity index (χ3v) is 6.17. The number of hydrogen-bond donors (Lipinski definition) is 1. The van der Waals surface area contributed by atoms with E-state index in [-0.39, 0.29) is 0 Å². The van der Waals surface area contributed by atoms with E-state index in [0.29, 0.717) is 36.2 Å². The van der Waals surface area contributed by atoms with Crippen molar-refractivity contribution in [2.75, 3.05) is 45.9 Å². The van der Waals surface area contributed by atoms with Gasteiger partial charge in [-0.05, 0) is 37.7 Å². The fraction of sp³-hybridized carbons (Fsp3) is 0.562. The highest BCUT2D eigenvalue weighted by Crippen LogP contribution is 2.17. The lowest BCUT2D eigenvalue weighted by molar-refractivity contribution is 0.145. The van der Waals surface area contributed by atoms with E-state index < -0.39 is 10.0 Å². The summed E-state index contributed by atoms with van der Waals surface area (Å²) in [5.74, 6) is 0. The Hall–Kier alpha value is -1.22. The van der Waals surface area contributed by atoms with Gasteiger partial charge in [0.25, 0.3) is 0 Å². The molecular weight excluding hydrogens is 346 g/mol. The molecule has 1 saturated heterocycles. The van der Waals surface area contributed by atoms with Crippen LogP contribution in [0.3, 0.4) is 0 Å². The molecule has 2 rings (SSSR count). The van der Waals surface area contributed by atoms with Crippen LogP contribution in [0.5, 0.6) is 0 Å². The van der Waals surface area contributed by atoms with Crippen LogP contribution in [0.25, 0.3) is 0 Å². The molecule has 0 radical (unpaired) electrons. The molecule has 0 amide bonds. The highest BCUT2D eigenvalue weighted by atomic mass is 32.2. The summed E-state index contributed by atoms with van der Waals surface area (Å²) >= 11 is 5.38. The minimum absolute atomic E-state index is 0.343. The van der Waals surface area contributed by atoms with Crippen molar-refractivity contribution in [3.8, 4) is 0 Å². The number of rotatable bonds is 7. The zero-order chi connectivity index (χ0) is 17.4. The summed E-state index contributed by atoms with van der Waals surface area (Å²) < 4.78 is 32.0. The highest BCUT2D eigenvalue weighted by molar-refractivity contribution is 7.89. The summed E-state index contributed by atoms with van der Waals surface area (Å²) in [4.78, 5) is 2.36. The maximum absolute atomic E-state index is 12.6. The molecule has 24 heavy (non-hydrogen) atoms. The lowest BCUT2D eigenvalue weighted by Gasteiger charge is -2.35. The summed E-state index contributed by atoms with van der Waals surface area (Å²) in [7, 11) is -3.41. The summed E-state index contributed by atoms with van der Waals surface area (Å²) in [5, 5.41) is 3.89. The van der Waals surface area contributed by atoms with Gasteiger partial charge in [0.15, 0.2) is 5.11 Å². The van der Waals surface area contributed by atoms with Gasteiger partial charge in [-0.25, -0.2) is 8.42 Å². The lowest BCUT2D eigenvalue weighted by Crippen LogP contribution is -2.53. The van der Waals surface area contributed by atoms with Crippen molar-refractivity contribution in [3.63, 3.8) is 0 Å². The van der Waals surface area contributed by atoms with Crippen LogP contribution in [-0.2, 0) is 14.8 Å². The van der Waals surface area contributed by atoms with E-state index >= 15 is 0 Å². The van der Waals surface area contributed by atoms with Gasteiger partial charge >= 0.3 is 0 Å². The van der Waals surface area contributed by atoms with E-state index in [1.54, 1.807) is 24.3 Å². The Morgan fingerprint density at radius 1 is 1.21 bits per heavy atom. The first kappa shape index (κ1) is 19.1. The molecule has 134 valence electrons. The van der Waals surface area contributed by atoms with Crippen molar-refractivity contribution < 1.29 is 13.2 Å². The number of benzene rings is 1. The molecule has 0 spiro atoms. The van der Waals surface area contributed by atoms with Gasteiger partial charge in [0.2, 0.25) is 10.0 Å². The van der Waals surface area contributed by atoms with Crippen molar-refractivity contribution in [1.82, 2.24) is 14.5 Å². The second-order valence-corrected chi connectivity index (χ2v) is 7.81. The van der Waals surface area contributed by atoms with Crippen molar-refractivity contribution in [1.29, 1.82) is 0 Å². The summed E-state index contributed by atoms with van der Waals surface area (Å²) in [6.45, 7) is 6.27.